The minimum atomic E-state index is -3.95. The molecule has 4 heterocycles. The quantitative estimate of drug-likeness (QED) is 0.157. The van der Waals surface area contributed by atoms with Crippen molar-refractivity contribution in [1.29, 1.82) is 0 Å². The fraction of sp³-hybridized carbons (Fsp3) is 0.667. The van der Waals surface area contributed by atoms with Crippen LogP contribution in [-0.4, -0.2) is 108 Å². The lowest BCUT2D eigenvalue weighted by Gasteiger charge is -2.51. The van der Waals surface area contributed by atoms with Crippen LogP contribution in [0.2, 0.25) is 5.02 Å². The Kier molecular flexibility index (Phi) is 17.2. The summed E-state index contributed by atoms with van der Waals surface area (Å²) >= 11 is 12.4. The minimum Gasteiger partial charge on any atom is -0.490 e. The standard InChI is InChI=1S/C36H45ClN2O5S3.C7H16N2.C2H5I/c1-23-6-3-15-36(41,34-45-16-5-17-46-34)30-11-8-27(30)20-39-21-35(14-4-7-25-18-28(37)10-12-29(25)35)22-44-32-13-9-26(19-31(32)39)33(40)38-47(42,43)24(23)2;1-2-5-9-6-3-8-4-7-9;1-2-3/h3,9-10,12-13,15,18-19,23-24,27,30,34,41H,4-8,11,14,16-17,20-22H2,1-2H3,(H,38,40);8H,2-7H2,1H3;2H2,1H3/b15-3+;;/t23-,24+,27-,30+,35-,36+;;/m0../s1. The van der Waals surface area contributed by atoms with Crippen LogP contribution in [0.4, 0.5) is 5.69 Å². The molecule has 2 saturated heterocycles. The first-order chi connectivity index (χ1) is 28.3. The summed E-state index contributed by atoms with van der Waals surface area (Å²) in [5.41, 5.74) is 2.32. The van der Waals surface area contributed by atoms with Gasteiger partial charge in [-0.05, 0) is 140 Å². The zero-order chi connectivity index (χ0) is 42.2. The Morgan fingerprint density at radius 1 is 1.05 bits per heavy atom. The Morgan fingerprint density at radius 3 is 2.49 bits per heavy atom. The first kappa shape index (κ1) is 47.3. The minimum absolute atomic E-state index is 0.0302. The largest absolute Gasteiger partial charge is 0.490 e. The number of aliphatic hydroxyl groups is 1. The number of rotatable bonds is 3. The topological polar surface area (TPSA) is 111 Å². The molecule has 2 aromatic rings. The number of nitrogens with one attached hydrogen (secondary N) is 2. The van der Waals surface area contributed by atoms with Crippen molar-refractivity contribution in [3.63, 3.8) is 0 Å². The Balaban J connectivity index is 0.000000424. The third kappa shape index (κ3) is 11.3. The molecule has 3 fully saturated rings. The maximum atomic E-state index is 13.5. The molecule has 14 heteroatoms. The summed E-state index contributed by atoms with van der Waals surface area (Å²) in [5, 5.41) is 15.9. The van der Waals surface area contributed by atoms with E-state index in [0.29, 0.717) is 31.9 Å². The number of aryl methyl sites for hydroxylation is 1. The fourth-order valence-corrected chi connectivity index (χ4v) is 14.3. The second-order valence-electron chi connectivity index (χ2n) is 17.2. The van der Waals surface area contributed by atoms with Gasteiger partial charge in [0.05, 0.1) is 22.1 Å². The molecule has 0 aromatic heterocycles. The molecule has 2 aromatic carbocycles. The van der Waals surface area contributed by atoms with Crippen LogP contribution in [0.3, 0.4) is 0 Å². The maximum absolute atomic E-state index is 13.5. The van der Waals surface area contributed by atoms with Crippen molar-refractivity contribution in [1.82, 2.24) is 14.9 Å². The molecule has 59 heavy (non-hydrogen) atoms. The second-order valence-corrected chi connectivity index (χ2v) is 23.9. The number of allylic oxidation sites excluding steroid dienone is 1. The number of halogens is 2. The van der Waals surface area contributed by atoms with Gasteiger partial charge in [0.2, 0.25) is 10.0 Å². The zero-order valence-electron chi connectivity index (χ0n) is 35.4. The van der Waals surface area contributed by atoms with Crippen LogP contribution < -0.4 is 19.7 Å². The highest BCUT2D eigenvalue weighted by atomic mass is 127. The van der Waals surface area contributed by atoms with Crippen LogP contribution in [0.25, 0.3) is 0 Å². The summed E-state index contributed by atoms with van der Waals surface area (Å²) < 4.78 is 37.1. The van der Waals surface area contributed by atoms with Crippen LogP contribution in [0.5, 0.6) is 5.75 Å². The van der Waals surface area contributed by atoms with Gasteiger partial charge in [0, 0.05) is 55.3 Å². The van der Waals surface area contributed by atoms with E-state index in [-0.39, 0.29) is 33.3 Å². The van der Waals surface area contributed by atoms with E-state index in [0.717, 1.165) is 60.7 Å². The average molecular weight is 1000 g/mol. The molecule has 8 rings (SSSR count). The number of piperazine rings is 1. The first-order valence-corrected chi connectivity index (χ1v) is 27.4. The monoisotopic (exact) mass is 1000 g/mol. The summed E-state index contributed by atoms with van der Waals surface area (Å²) in [7, 11) is -3.95. The number of amides is 1. The van der Waals surface area contributed by atoms with Crippen molar-refractivity contribution in [2.45, 2.75) is 99.9 Å². The van der Waals surface area contributed by atoms with E-state index < -0.39 is 26.8 Å². The van der Waals surface area contributed by atoms with Gasteiger partial charge in [-0.2, -0.15) is 0 Å². The highest BCUT2D eigenvalue weighted by Crippen LogP contribution is 2.53. The third-order valence-corrected chi connectivity index (χ3v) is 18.5. The van der Waals surface area contributed by atoms with Crippen LogP contribution in [-0.2, 0) is 21.9 Å². The van der Waals surface area contributed by atoms with Gasteiger partial charge >= 0.3 is 0 Å². The normalized spacial score (nSPS) is 31.6. The van der Waals surface area contributed by atoms with E-state index in [1.54, 1.807) is 19.1 Å². The van der Waals surface area contributed by atoms with E-state index >= 15 is 0 Å². The number of sulfonamides is 1. The van der Waals surface area contributed by atoms with Crippen molar-refractivity contribution < 1.29 is 23.1 Å². The fourth-order valence-electron chi connectivity index (χ4n) is 9.57. The highest BCUT2D eigenvalue weighted by Gasteiger charge is 2.52. The van der Waals surface area contributed by atoms with Crippen molar-refractivity contribution in [2.24, 2.45) is 17.8 Å². The lowest BCUT2D eigenvalue weighted by Crippen LogP contribution is -2.55. The van der Waals surface area contributed by atoms with Crippen LogP contribution in [0.15, 0.2) is 48.6 Å². The summed E-state index contributed by atoms with van der Waals surface area (Å²) in [6, 6.07) is 11.5. The molecule has 328 valence electrons. The number of hydrogen-bond donors (Lipinski definition) is 3. The molecule has 6 atom stereocenters. The number of nitrogens with zero attached hydrogens (tertiary/aromatic N) is 2. The SMILES string of the molecule is CCCN1CCNCC1.CCI.C[C@@H]1[C@@H](C)C/C=C/[C@](O)(C2SCCCS2)[C@@H]2CC[C@H]2CN2C[C@@]3(CCCc4cc(Cl)ccc43)COc3ccc(cc32)C(=O)NS1(=O)=O. The Hall–Kier alpha value is -1.20. The van der Waals surface area contributed by atoms with Gasteiger partial charge < -0.3 is 25.0 Å². The molecule has 3 N–H and O–H groups in total. The van der Waals surface area contributed by atoms with Crippen molar-refractivity contribution >= 4 is 79.3 Å². The lowest BCUT2D eigenvalue weighted by atomic mass is 9.64. The molecule has 1 spiro atoms. The number of benzene rings is 2. The van der Waals surface area contributed by atoms with Crippen molar-refractivity contribution in [2.75, 3.05) is 73.3 Å². The number of carbonyl (C=O) groups excluding carboxylic acids is 1. The third-order valence-electron chi connectivity index (χ3n) is 13.1. The lowest BCUT2D eigenvalue weighted by molar-refractivity contribution is -0.0333. The molecular weight excluding hydrogens is 935 g/mol. The predicted molar refractivity (Wildman–Crippen MR) is 258 cm³/mol. The Morgan fingerprint density at radius 2 is 1.80 bits per heavy atom. The van der Waals surface area contributed by atoms with Gasteiger partial charge in [-0.3, -0.25) is 4.79 Å². The summed E-state index contributed by atoms with van der Waals surface area (Å²) in [6.07, 6.45) is 11.8. The van der Waals surface area contributed by atoms with Gasteiger partial charge in [0.15, 0.2) is 0 Å². The Labute approximate surface area is 381 Å². The number of anilines is 1. The number of thioether (sulfide) groups is 2. The molecule has 2 aliphatic carbocycles. The molecule has 6 aliphatic rings. The van der Waals surface area contributed by atoms with Gasteiger partial charge in [-0.1, -0.05) is 73.2 Å². The highest BCUT2D eigenvalue weighted by molar-refractivity contribution is 14.1. The molecule has 0 radical (unpaired) electrons. The van der Waals surface area contributed by atoms with E-state index in [2.05, 4.69) is 68.4 Å². The summed E-state index contributed by atoms with van der Waals surface area (Å²) in [6.45, 7) is 15.9. The smallest absolute Gasteiger partial charge is 0.264 e. The number of hydrogen-bond acceptors (Lipinski definition) is 10. The van der Waals surface area contributed by atoms with E-state index in [4.69, 9.17) is 16.3 Å². The average Bonchev–Trinajstić information content (AvgIpc) is 3.36. The van der Waals surface area contributed by atoms with Crippen molar-refractivity contribution in [3.05, 3.63) is 70.3 Å². The van der Waals surface area contributed by atoms with Crippen molar-refractivity contribution in [3.8, 4) is 5.75 Å². The Bertz CT molecular complexity index is 1860. The molecule has 0 unspecified atom stereocenters. The second kappa shape index (κ2) is 21.5. The molecule has 2 bridgehead atoms. The van der Waals surface area contributed by atoms with E-state index in [1.165, 1.54) is 54.7 Å². The van der Waals surface area contributed by atoms with E-state index in [1.807, 2.05) is 54.7 Å². The molecule has 1 amide bonds. The maximum Gasteiger partial charge on any atom is 0.264 e. The van der Waals surface area contributed by atoms with Crippen LogP contribution in [0, 0.1) is 17.8 Å². The predicted octanol–water partition coefficient (Wildman–Crippen LogP) is 8.55. The van der Waals surface area contributed by atoms with Gasteiger partial charge in [-0.25, -0.2) is 13.1 Å². The van der Waals surface area contributed by atoms with Crippen LogP contribution in [0.1, 0.15) is 94.1 Å². The molecule has 1 saturated carbocycles. The summed E-state index contributed by atoms with van der Waals surface area (Å²) in [4.78, 5) is 18.4. The zero-order valence-corrected chi connectivity index (χ0v) is 40.8. The van der Waals surface area contributed by atoms with Crippen LogP contribution >= 0.6 is 57.7 Å². The van der Waals surface area contributed by atoms with Gasteiger partial charge in [0.25, 0.3) is 5.91 Å². The first-order valence-electron chi connectivity index (χ1n) is 21.8. The number of ether oxygens (including phenoxy) is 1. The molecule has 9 nitrogen and oxygen atoms in total. The van der Waals surface area contributed by atoms with Gasteiger partial charge in [-0.15, -0.1) is 23.5 Å². The summed E-state index contributed by atoms with van der Waals surface area (Å²) in [5.74, 6) is 2.18. The molecular formula is C45H66ClIN4O5S3. The number of fused-ring (bicyclic) bond motifs is 4. The van der Waals surface area contributed by atoms with E-state index in [9.17, 15) is 18.3 Å². The number of alkyl halides is 1. The molecule has 4 aliphatic heterocycles. The number of carbonyl (C=O) groups is 1. The van der Waals surface area contributed by atoms with Gasteiger partial charge in [0.1, 0.15) is 11.4 Å².